The van der Waals surface area contributed by atoms with Crippen LogP contribution in [0, 0.1) is 12.3 Å². The summed E-state index contributed by atoms with van der Waals surface area (Å²) in [4.78, 5) is 22.3. The quantitative estimate of drug-likeness (QED) is 0.557. The van der Waals surface area contributed by atoms with E-state index in [1.165, 1.54) is 0 Å². The number of ether oxygens (including phenoxy) is 1. The highest BCUT2D eigenvalue weighted by molar-refractivity contribution is 5.99. The van der Waals surface area contributed by atoms with E-state index < -0.39 is 11.9 Å². The highest BCUT2D eigenvalue weighted by Crippen LogP contribution is 2.25. The zero-order valence-electron chi connectivity index (χ0n) is 8.28. The lowest BCUT2D eigenvalue weighted by atomic mass is 9.92. The van der Waals surface area contributed by atoms with E-state index in [-0.39, 0.29) is 17.8 Å². The van der Waals surface area contributed by atoms with Crippen molar-refractivity contribution in [2.75, 3.05) is 6.61 Å². The van der Waals surface area contributed by atoms with Gasteiger partial charge in [-0.3, -0.25) is 0 Å². The molecule has 1 rings (SSSR count). The lowest BCUT2D eigenvalue weighted by Gasteiger charge is -2.15. The van der Waals surface area contributed by atoms with Gasteiger partial charge in [-0.25, -0.2) is 9.59 Å². The van der Waals surface area contributed by atoms with Crippen LogP contribution >= 0.6 is 0 Å². The van der Waals surface area contributed by atoms with E-state index in [1.54, 1.807) is 0 Å². The first-order valence-corrected chi connectivity index (χ1v) is 4.72. The molecule has 1 aliphatic carbocycles. The van der Waals surface area contributed by atoms with Crippen molar-refractivity contribution < 1.29 is 19.4 Å². The Morgan fingerprint density at radius 2 is 1.93 bits per heavy atom. The summed E-state index contributed by atoms with van der Waals surface area (Å²) in [6, 6.07) is 0. The minimum Gasteiger partial charge on any atom is -0.478 e. The lowest BCUT2D eigenvalue weighted by Crippen LogP contribution is -2.17. The summed E-state index contributed by atoms with van der Waals surface area (Å²) in [5.41, 5.74) is 0.437. The standard InChI is InChI=1S/C11H12O4/c1-2-7-15-11(14)9-6-4-3-5-8(9)10(12)13/h1H,3-7H2,(H,12,13). The van der Waals surface area contributed by atoms with Gasteiger partial charge < -0.3 is 9.84 Å². The second kappa shape index (κ2) is 5.20. The Labute approximate surface area is 87.9 Å². The molecule has 0 atom stereocenters. The van der Waals surface area contributed by atoms with E-state index in [1.807, 2.05) is 0 Å². The van der Waals surface area contributed by atoms with Crippen LogP contribution in [0.15, 0.2) is 11.1 Å². The maximum Gasteiger partial charge on any atom is 0.335 e. The molecule has 0 radical (unpaired) electrons. The molecule has 0 unspecified atom stereocenters. The van der Waals surface area contributed by atoms with E-state index in [4.69, 9.17) is 16.3 Å². The van der Waals surface area contributed by atoms with Gasteiger partial charge in [-0.2, -0.15) is 0 Å². The van der Waals surface area contributed by atoms with Gasteiger partial charge in [-0.1, -0.05) is 5.92 Å². The van der Waals surface area contributed by atoms with E-state index in [9.17, 15) is 9.59 Å². The molecule has 0 amide bonds. The average Bonchev–Trinajstić information content (AvgIpc) is 2.25. The van der Waals surface area contributed by atoms with Gasteiger partial charge in [0.1, 0.15) is 0 Å². The lowest BCUT2D eigenvalue weighted by molar-refractivity contribution is -0.139. The summed E-state index contributed by atoms with van der Waals surface area (Å²) in [7, 11) is 0. The molecule has 0 saturated carbocycles. The number of rotatable bonds is 3. The van der Waals surface area contributed by atoms with Gasteiger partial charge in [-0.15, -0.1) is 6.42 Å². The molecule has 0 heterocycles. The second-order valence-electron chi connectivity index (χ2n) is 3.25. The summed E-state index contributed by atoms with van der Waals surface area (Å²) in [6.07, 6.45) is 7.45. The van der Waals surface area contributed by atoms with Crippen LogP contribution in [0.5, 0.6) is 0 Å². The Bertz CT molecular complexity index is 346. The third-order valence-electron chi connectivity index (χ3n) is 2.26. The van der Waals surface area contributed by atoms with Crippen LogP contribution in [-0.2, 0) is 14.3 Å². The fourth-order valence-corrected chi connectivity index (χ4v) is 1.56. The number of carboxylic acid groups (broad SMARTS) is 1. The van der Waals surface area contributed by atoms with E-state index in [0.717, 1.165) is 12.8 Å². The van der Waals surface area contributed by atoms with Crippen molar-refractivity contribution in [2.24, 2.45) is 0 Å². The third-order valence-corrected chi connectivity index (χ3v) is 2.26. The Hall–Kier alpha value is -1.76. The fourth-order valence-electron chi connectivity index (χ4n) is 1.56. The molecule has 1 N–H and O–H groups in total. The van der Waals surface area contributed by atoms with Crippen molar-refractivity contribution in [3.05, 3.63) is 11.1 Å². The zero-order valence-corrected chi connectivity index (χ0v) is 8.28. The smallest absolute Gasteiger partial charge is 0.335 e. The van der Waals surface area contributed by atoms with Gasteiger partial charge in [0.15, 0.2) is 6.61 Å². The molecule has 4 nitrogen and oxygen atoms in total. The van der Waals surface area contributed by atoms with Gasteiger partial charge >= 0.3 is 11.9 Å². The minimum atomic E-state index is -1.04. The predicted octanol–water partition coefficient (Wildman–Crippen LogP) is 1.12. The average molecular weight is 208 g/mol. The Balaban J connectivity index is 2.83. The topological polar surface area (TPSA) is 63.6 Å². The molecule has 0 fully saturated rings. The van der Waals surface area contributed by atoms with Crippen molar-refractivity contribution in [1.82, 2.24) is 0 Å². The molecule has 80 valence electrons. The number of carboxylic acids is 1. The first kappa shape index (κ1) is 11.3. The monoisotopic (exact) mass is 208 g/mol. The number of hydrogen-bond donors (Lipinski definition) is 1. The Morgan fingerprint density at radius 3 is 2.47 bits per heavy atom. The van der Waals surface area contributed by atoms with E-state index >= 15 is 0 Å². The molecule has 0 saturated heterocycles. The van der Waals surface area contributed by atoms with Gasteiger partial charge in [0.2, 0.25) is 0 Å². The molecule has 0 spiro atoms. The molecule has 0 aliphatic heterocycles. The maximum atomic E-state index is 11.4. The summed E-state index contributed by atoms with van der Waals surface area (Å²) < 4.78 is 4.71. The van der Waals surface area contributed by atoms with Crippen LogP contribution < -0.4 is 0 Å². The number of carbonyl (C=O) groups is 2. The highest BCUT2D eigenvalue weighted by Gasteiger charge is 2.24. The third kappa shape index (κ3) is 2.84. The predicted molar refractivity (Wildman–Crippen MR) is 52.9 cm³/mol. The van der Waals surface area contributed by atoms with E-state index in [0.29, 0.717) is 12.8 Å². The van der Waals surface area contributed by atoms with Crippen molar-refractivity contribution >= 4 is 11.9 Å². The van der Waals surface area contributed by atoms with Crippen LogP contribution in [0.2, 0.25) is 0 Å². The molecule has 0 bridgehead atoms. The van der Waals surface area contributed by atoms with E-state index in [2.05, 4.69) is 5.92 Å². The normalized spacial score (nSPS) is 15.7. The molecule has 4 heteroatoms. The summed E-state index contributed by atoms with van der Waals surface area (Å²) in [5, 5.41) is 8.88. The molecule has 1 aliphatic rings. The number of aliphatic carboxylic acids is 1. The molecule has 0 aromatic heterocycles. The zero-order chi connectivity index (χ0) is 11.3. The second-order valence-corrected chi connectivity index (χ2v) is 3.25. The van der Waals surface area contributed by atoms with Crippen LogP contribution in [0.3, 0.4) is 0 Å². The molecular formula is C11H12O4. The fraction of sp³-hybridized carbons (Fsp3) is 0.455. The van der Waals surface area contributed by atoms with Crippen molar-refractivity contribution in [3.63, 3.8) is 0 Å². The minimum absolute atomic E-state index is 0.116. The van der Waals surface area contributed by atoms with Crippen LogP contribution in [0.4, 0.5) is 0 Å². The van der Waals surface area contributed by atoms with Crippen LogP contribution in [-0.4, -0.2) is 23.7 Å². The number of esters is 1. The van der Waals surface area contributed by atoms with Crippen LogP contribution in [0.1, 0.15) is 25.7 Å². The van der Waals surface area contributed by atoms with Gasteiger partial charge in [-0.05, 0) is 25.7 Å². The summed E-state index contributed by atoms with van der Waals surface area (Å²) in [6.45, 7) is -0.116. The highest BCUT2D eigenvalue weighted by atomic mass is 16.5. The summed E-state index contributed by atoms with van der Waals surface area (Å²) in [5.74, 6) is 0.537. The SMILES string of the molecule is C#CCOC(=O)C1=C(C(=O)O)CCCC1. The molecule has 0 aromatic carbocycles. The van der Waals surface area contributed by atoms with Crippen molar-refractivity contribution in [3.8, 4) is 12.3 Å². The number of terminal acetylenes is 1. The maximum absolute atomic E-state index is 11.4. The van der Waals surface area contributed by atoms with Crippen LogP contribution in [0.25, 0.3) is 0 Å². The van der Waals surface area contributed by atoms with Gasteiger partial charge in [0.05, 0.1) is 0 Å². The van der Waals surface area contributed by atoms with Gasteiger partial charge in [0, 0.05) is 11.1 Å². The first-order chi connectivity index (χ1) is 7.16. The van der Waals surface area contributed by atoms with Crippen molar-refractivity contribution in [2.45, 2.75) is 25.7 Å². The van der Waals surface area contributed by atoms with Crippen molar-refractivity contribution in [1.29, 1.82) is 0 Å². The molecule has 15 heavy (non-hydrogen) atoms. The number of carbonyl (C=O) groups excluding carboxylic acids is 1. The summed E-state index contributed by atoms with van der Waals surface area (Å²) >= 11 is 0. The Kier molecular flexibility index (Phi) is 3.92. The molecule has 0 aromatic rings. The van der Waals surface area contributed by atoms with Gasteiger partial charge in [0.25, 0.3) is 0 Å². The number of hydrogen-bond acceptors (Lipinski definition) is 3. The molecular weight excluding hydrogens is 196 g/mol. The Morgan fingerprint density at radius 1 is 1.33 bits per heavy atom. The first-order valence-electron chi connectivity index (χ1n) is 4.72. The largest absolute Gasteiger partial charge is 0.478 e.